The third-order valence-electron chi connectivity index (χ3n) is 5.60. The summed E-state index contributed by atoms with van der Waals surface area (Å²) in [5.41, 5.74) is 6.11. The first-order valence-electron chi connectivity index (χ1n) is 9.23. The van der Waals surface area contributed by atoms with Crippen molar-refractivity contribution in [3.63, 3.8) is 0 Å². The zero-order chi connectivity index (χ0) is 17.5. The first-order chi connectivity index (χ1) is 12.8. The zero-order valence-corrected chi connectivity index (χ0v) is 14.5. The average molecular weight is 341 g/mol. The molecule has 0 fully saturated rings. The molecule has 0 bridgehead atoms. The van der Waals surface area contributed by atoms with Crippen molar-refractivity contribution in [1.82, 2.24) is 5.32 Å². The van der Waals surface area contributed by atoms with Crippen LogP contribution in [-0.4, -0.2) is 0 Å². The molecule has 1 aliphatic heterocycles. The normalized spacial score (nSPS) is 19.7. The van der Waals surface area contributed by atoms with Crippen LogP contribution in [0.15, 0.2) is 66.5 Å². The van der Waals surface area contributed by atoms with Gasteiger partial charge in [0.05, 0.1) is 0 Å². The fourth-order valence-electron chi connectivity index (χ4n) is 4.41. The molecule has 1 N–H and O–H groups in total. The summed E-state index contributed by atoms with van der Waals surface area (Å²) in [5.74, 6) is 0.230. The smallest absolute Gasteiger partial charge is 0.123 e. The Morgan fingerprint density at radius 2 is 1.85 bits per heavy atom. The standard InChI is InChI=1S/C24H20FN/c25-17-9-11-18-16(15-17)8-10-21-19-5-4-6-23(22(19)13-12-20(18)21)24-7-2-1-3-14-26-24/h1-3,5,7,9-15,23,26H,4,6,8H2. The first-order valence-corrected chi connectivity index (χ1v) is 9.23. The lowest BCUT2D eigenvalue weighted by Crippen LogP contribution is -2.36. The van der Waals surface area contributed by atoms with Crippen LogP contribution in [0.5, 0.6) is 0 Å². The number of rotatable bonds is 1. The summed E-state index contributed by atoms with van der Waals surface area (Å²) >= 11 is 0. The number of hydrogen-bond acceptors (Lipinski definition) is 1. The summed E-state index contributed by atoms with van der Waals surface area (Å²) in [5, 5.41) is 6.11. The summed E-state index contributed by atoms with van der Waals surface area (Å²) in [7, 11) is 0. The Kier molecular flexibility index (Phi) is 3.63. The Balaban J connectivity index is 1.67. The molecule has 3 aliphatic rings. The highest BCUT2D eigenvalue weighted by Gasteiger charge is 2.22. The van der Waals surface area contributed by atoms with Crippen molar-refractivity contribution >= 4 is 12.2 Å². The minimum Gasteiger partial charge on any atom is -0.364 e. The van der Waals surface area contributed by atoms with Crippen LogP contribution in [0.2, 0.25) is 0 Å². The quantitative estimate of drug-likeness (QED) is 0.825. The third-order valence-corrected chi connectivity index (χ3v) is 5.60. The monoisotopic (exact) mass is 341 g/mol. The van der Waals surface area contributed by atoms with E-state index in [0.717, 1.165) is 24.8 Å². The van der Waals surface area contributed by atoms with Crippen LogP contribution in [0, 0.1) is 5.82 Å². The fraction of sp³-hybridized carbons (Fsp3) is 0.167. The van der Waals surface area contributed by atoms with Crippen LogP contribution < -0.4 is 15.8 Å². The summed E-state index contributed by atoms with van der Waals surface area (Å²) in [6, 6.07) is 9.64. The van der Waals surface area contributed by atoms with Crippen molar-refractivity contribution in [2.45, 2.75) is 25.2 Å². The number of allylic oxidation sites excluding steroid dienone is 5. The molecular formula is C24H20FN. The predicted octanol–water partition coefficient (Wildman–Crippen LogP) is 4.04. The Bertz CT molecular complexity index is 1100. The van der Waals surface area contributed by atoms with Gasteiger partial charge in [-0.1, -0.05) is 42.5 Å². The van der Waals surface area contributed by atoms with Crippen LogP contribution in [-0.2, 0) is 6.42 Å². The summed E-state index contributed by atoms with van der Waals surface area (Å²) in [6.45, 7) is 0. The van der Waals surface area contributed by atoms with Gasteiger partial charge in [-0.15, -0.1) is 0 Å². The molecule has 1 unspecified atom stereocenters. The lowest BCUT2D eigenvalue weighted by Gasteiger charge is -2.26. The van der Waals surface area contributed by atoms with Gasteiger partial charge < -0.3 is 5.32 Å². The molecule has 1 heterocycles. The van der Waals surface area contributed by atoms with E-state index >= 15 is 0 Å². The van der Waals surface area contributed by atoms with E-state index in [1.165, 1.54) is 32.8 Å². The van der Waals surface area contributed by atoms with E-state index in [-0.39, 0.29) is 5.82 Å². The molecule has 2 aliphatic carbocycles. The second kappa shape index (κ2) is 6.14. The Labute approximate surface area is 152 Å². The lowest BCUT2D eigenvalue weighted by atomic mass is 9.81. The molecule has 2 aromatic rings. The topological polar surface area (TPSA) is 12.0 Å². The Morgan fingerprint density at radius 3 is 2.81 bits per heavy atom. The van der Waals surface area contributed by atoms with E-state index < -0.39 is 0 Å². The van der Waals surface area contributed by atoms with Crippen molar-refractivity contribution in [1.29, 1.82) is 0 Å². The first kappa shape index (κ1) is 15.4. The van der Waals surface area contributed by atoms with E-state index in [1.807, 2.05) is 24.4 Å². The van der Waals surface area contributed by atoms with Crippen LogP contribution in [0.3, 0.4) is 0 Å². The number of fused-ring (bicyclic) bond motifs is 5. The molecular weight excluding hydrogens is 321 g/mol. The molecule has 128 valence electrons. The molecule has 1 atom stereocenters. The number of benzene rings is 2. The van der Waals surface area contributed by atoms with Crippen molar-refractivity contribution in [2.75, 3.05) is 0 Å². The third kappa shape index (κ3) is 2.45. The molecule has 5 rings (SSSR count). The van der Waals surface area contributed by atoms with E-state index in [1.54, 1.807) is 12.1 Å². The summed E-state index contributed by atoms with van der Waals surface area (Å²) in [4.78, 5) is 0. The maximum absolute atomic E-state index is 13.6. The van der Waals surface area contributed by atoms with Gasteiger partial charge in [0, 0.05) is 17.8 Å². The van der Waals surface area contributed by atoms with E-state index in [0.29, 0.717) is 5.92 Å². The van der Waals surface area contributed by atoms with Gasteiger partial charge in [-0.05, 0) is 76.2 Å². The Hall–Kier alpha value is -2.87. The highest BCUT2D eigenvalue weighted by molar-refractivity contribution is 5.74. The van der Waals surface area contributed by atoms with E-state index in [9.17, 15) is 4.39 Å². The van der Waals surface area contributed by atoms with Gasteiger partial charge >= 0.3 is 0 Å². The highest BCUT2D eigenvalue weighted by Crippen LogP contribution is 2.31. The molecule has 0 radical (unpaired) electrons. The predicted molar refractivity (Wildman–Crippen MR) is 105 cm³/mol. The van der Waals surface area contributed by atoms with Crippen molar-refractivity contribution in [3.8, 4) is 11.1 Å². The van der Waals surface area contributed by atoms with E-state index in [4.69, 9.17) is 0 Å². The van der Waals surface area contributed by atoms with Crippen molar-refractivity contribution < 1.29 is 4.39 Å². The molecule has 0 saturated heterocycles. The van der Waals surface area contributed by atoms with Gasteiger partial charge in [-0.2, -0.15) is 0 Å². The molecule has 2 heteroatoms. The van der Waals surface area contributed by atoms with Gasteiger partial charge in [0.25, 0.3) is 0 Å². The minimum atomic E-state index is -0.155. The number of hydrogen-bond donors (Lipinski definition) is 1. The highest BCUT2D eigenvalue weighted by atomic mass is 19.1. The largest absolute Gasteiger partial charge is 0.364 e. The van der Waals surface area contributed by atoms with Gasteiger partial charge in [-0.25, -0.2) is 4.39 Å². The maximum Gasteiger partial charge on any atom is 0.123 e. The molecule has 0 amide bonds. The molecule has 0 aromatic heterocycles. The number of halogens is 1. The second-order valence-corrected chi connectivity index (χ2v) is 7.08. The maximum atomic E-state index is 13.6. The number of nitrogens with one attached hydrogen (secondary N) is 1. The molecule has 1 nitrogen and oxygen atoms in total. The zero-order valence-electron chi connectivity index (χ0n) is 14.5. The molecule has 0 saturated carbocycles. The SMILES string of the molecule is Fc1ccc2c(c1)CC=c1c-2ccc2c1=CCCC2C1=CC=CC=CN1. The van der Waals surface area contributed by atoms with Gasteiger partial charge in [0.2, 0.25) is 0 Å². The van der Waals surface area contributed by atoms with Crippen molar-refractivity contribution in [2.24, 2.45) is 0 Å². The fourth-order valence-corrected chi connectivity index (χ4v) is 4.41. The van der Waals surface area contributed by atoms with Crippen LogP contribution >= 0.6 is 0 Å². The average Bonchev–Trinajstić information content (AvgIpc) is 2.96. The lowest BCUT2D eigenvalue weighted by molar-refractivity contribution is 0.626. The second-order valence-electron chi connectivity index (χ2n) is 7.08. The summed E-state index contributed by atoms with van der Waals surface area (Å²) in [6.07, 6.45) is 18.0. The van der Waals surface area contributed by atoms with Gasteiger partial charge in [0.1, 0.15) is 5.82 Å². The van der Waals surface area contributed by atoms with Crippen LogP contribution in [0.25, 0.3) is 23.3 Å². The molecule has 0 spiro atoms. The molecule has 26 heavy (non-hydrogen) atoms. The Morgan fingerprint density at radius 1 is 0.923 bits per heavy atom. The van der Waals surface area contributed by atoms with Gasteiger partial charge in [-0.3, -0.25) is 0 Å². The van der Waals surface area contributed by atoms with Crippen LogP contribution in [0.1, 0.15) is 29.9 Å². The van der Waals surface area contributed by atoms with Crippen LogP contribution in [0.4, 0.5) is 4.39 Å². The molecule has 2 aromatic carbocycles. The van der Waals surface area contributed by atoms with Crippen molar-refractivity contribution in [3.05, 3.63) is 93.9 Å². The minimum absolute atomic E-state index is 0.155. The van der Waals surface area contributed by atoms with E-state index in [2.05, 4.69) is 41.8 Å². The van der Waals surface area contributed by atoms with Gasteiger partial charge in [0.15, 0.2) is 0 Å². The summed E-state index contributed by atoms with van der Waals surface area (Å²) < 4.78 is 13.6.